The van der Waals surface area contributed by atoms with Crippen LogP contribution in [0.15, 0.2) is 21.7 Å². The zero-order chi connectivity index (χ0) is 8.15. The summed E-state index contributed by atoms with van der Waals surface area (Å²) in [4.78, 5) is 0. The second-order valence-electron chi connectivity index (χ2n) is 2.24. The minimum atomic E-state index is 0.999. The molecule has 10 heavy (non-hydrogen) atoms. The molecule has 0 aliphatic carbocycles. The van der Waals surface area contributed by atoms with Crippen LogP contribution in [-0.2, 0) is 0 Å². The van der Waals surface area contributed by atoms with E-state index in [-0.39, 0.29) is 0 Å². The van der Waals surface area contributed by atoms with Crippen molar-refractivity contribution in [3.8, 4) is 0 Å². The van der Waals surface area contributed by atoms with Crippen molar-refractivity contribution in [2.45, 2.75) is 20.8 Å². The third-order valence-corrected chi connectivity index (χ3v) is 1.48. The van der Waals surface area contributed by atoms with Gasteiger partial charge in [-0.1, -0.05) is 15.9 Å². The lowest BCUT2D eigenvalue weighted by atomic mass is 10.1. The molecule has 0 saturated heterocycles. The second-order valence-corrected chi connectivity index (χ2v) is 3.49. The highest BCUT2D eigenvalue weighted by Crippen LogP contribution is 2.09. The second kappa shape index (κ2) is 4.45. The van der Waals surface area contributed by atoms with E-state index < -0.39 is 0 Å². The maximum atomic E-state index is 6.96. The fraction of sp³-hybridized carbons (Fsp3) is 0.375. The molecular formula is C8H12BrN. The topological polar surface area (TPSA) is 23.9 Å². The molecule has 0 fully saturated rings. The van der Waals surface area contributed by atoms with Gasteiger partial charge in [0.2, 0.25) is 0 Å². The molecule has 0 aromatic rings. The number of halogens is 1. The quantitative estimate of drug-likeness (QED) is 0.524. The fourth-order valence-electron chi connectivity index (χ4n) is 0.526. The van der Waals surface area contributed by atoms with E-state index in [2.05, 4.69) is 15.9 Å². The summed E-state index contributed by atoms with van der Waals surface area (Å²) in [6, 6.07) is 0. The molecule has 0 aliphatic rings. The zero-order valence-corrected chi connectivity index (χ0v) is 8.12. The van der Waals surface area contributed by atoms with E-state index in [4.69, 9.17) is 5.41 Å². The monoisotopic (exact) mass is 201 g/mol. The summed E-state index contributed by atoms with van der Waals surface area (Å²) in [7, 11) is 0. The largest absolute Gasteiger partial charge is 0.308 e. The van der Waals surface area contributed by atoms with Crippen molar-refractivity contribution in [3.63, 3.8) is 0 Å². The van der Waals surface area contributed by atoms with Crippen LogP contribution in [0.3, 0.4) is 0 Å². The van der Waals surface area contributed by atoms with Crippen molar-refractivity contribution >= 4 is 22.1 Å². The van der Waals surface area contributed by atoms with E-state index in [9.17, 15) is 0 Å². The van der Waals surface area contributed by atoms with E-state index >= 15 is 0 Å². The maximum Gasteiger partial charge on any atom is 0.0209 e. The van der Waals surface area contributed by atoms with Gasteiger partial charge in [0.1, 0.15) is 0 Å². The van der Waals surface area contributed by atoms with E-state index in [0.717, 1.165) is 15.6 Å². The highest BCUT2D eigenvalue weighted by atomic mass is 79.9. The van der Waals surface area contributed by atoms with Crippen LogP contribution in [0.4, 0.5) is 0 Å². The van der Waals surface area contributed by atoms with E-state index in [0.29, 0.717) is 0 Å². The van der Waals surface area contributed by atoms with Crippen molar-refractivity contribution < 1.29 is 0 Å². The van der Waals surface area contributed by atoms with E-state index in [1.807, 2.05) is 26.8 Å². The van der Waals surface area contributed by atoms with Crippen LogP contribution in [0.25, 0.3) is 0 Å². The lowest BCUT2D eigenvalue weighted by molar-refractivity contribution is 1.39. The van der Waals surface area contributed by atoms with Gasteiger partial charge in [-0.2, -0.15) is 0 Å². The fourth-order valence-corrected chi connectivity index (χ4v) is 0.869. The van der Waals surface area contributed by atoms with Crippen molar-refractivity contribution in [1.82, 2.24) is 0 Å². The molecule has 0 aliphatic heterocycles. The summed E-state index contributed by atoms with van der Waals surface area (Å²) in [5.74, 6) is 0. The Hall–Kier alpha value is -0.370. The van der Waals surface area contributed by atoms with Crippen LogP contribution in [0.2, 0.25) is 0 Å². The van der Waals surface area contributed by atoms with Gasteiger partial charge >= 0.3 is 0 Å². The predicted octanol–water partition coefficient (Wildman–Crippen LogP) is 3.27. The SMILES string of the molecule is CC(C=N)=C(C)/C=C(\C)Br. The third kappa shape index (κ3) is 3.62. The summed E-state index contributed by atoms with van der Waals surface area (Å²) in [6.45, 7) is 5.89. The Morgan fingerprint density at radius 1 is 1.20 bits per heavy atom. The molecular weight excluding hydrogens is 190 g/mol. The summed E-state index contributed by atoms with van der Waals surface area (Å²) in [5, 5.41) is 6.96. The summed E-state index contributed by atoms with van der Waals surface area (Å²) in [6.07, 6.45) is 3.36. The molecule has 56 valence electrons. The first kappa shape index (κ1) is 9.63. The van der Waals surface area contributed by atoms with E-state index in [1.165, 1.54) is 6.21 Å². The predicted molar refractivity (Wildman–Crippen MR) is 49.8 cm³/mol. The Balaban J connectivity index is 4.48. The number of allylic oxidation sites excluding steroid dienone is 4. The molecule has 0 aromatic heterocycles. The Labute approximate surface area is 70.5 Å². The molecule has 0 saturated carbocycles. The summed E-state index contributed by atoms with van der Waals surface area (Å²) >= 11 is 3.32. The minimum Gasteiger partial charge on any atom is -0.308 e. The number of hydrogen-bond donors (Lipinski definition) is 1. The molecule has 2 heteroatoms. The van der Waals surface area contributed by atoms with Gasteiger partial charge in [-0.15, -0.1) is 0 Å². The molecule has 0 spiro atoms. The van der Waals surface area contributed by atoms with Gasteiger partial charge in [-0.3, -0.25) is 0 Å². The molecule has 0 radical (unpaired) electrons. The lowest BCUT2D eigenvalue weighted by Gasteiger charge is -1.95. The molecule has 0 aromatic carbocycles. The molecule has 0 atom stereocenters. The number of nitrogens with one attached hydrogen (secondary N) is 1. The van der Waals surface area contributed by atoms with Crippen LogP contribution >= 0.6 is 15.9 Å². The maximum absolute atomic E-state index is 6.96. The van der Waals surface area contributed by atoms with Gasteiger partial charge in [0.25, 0.3) is 0 Å². The molecule has 0 unspecified atom stereocenters. The third-order valence-electron chi connectivity index (χ3n) is 1.25. The van der Waals surface area contributed by atoms with Crippen molar-refractivity contribution in [1.29, 1.82) is 5.41 Å². The van der Waals surface area contributed by atoms with Crippen LogP contribution in [0, 0.1) is 5.41 Å². The number of rotatable bonds is 2. The van der Waals surface area contributed by atoms with Crippen molar-refractivity contribution in [3.05, 3.63) is 21.7 Å². The van der Waals surface area contributed by atoms with Crippen molar-refractivity contribution in [2.24, 2.45) is 0 Å². The molecule has 0 amide bonds. The number of hydrogen-bond acceptors (Lipinski definition) is 1. The Kier molecular flexibility index (Phi) is 4.28. The van der Waals surface area contributed by atoms with Gasteiger partial charge in [0.05, 0.1) is 0 Å². The first-order valence-electron chi connectivity index (χ1n) is 3.09. The zero-order valence-electron chi connectivity index (χ0n) is 6.53. The van der Waals surface area contributed by atoms with E-state index in [1.54, 1.807) is 0 Å². The summed E-state index contributed by atoms with van der Waals surface area (Å²) in [5.41, 5.74) is 2.13. The Morgan fingerprint density at radius 3 is 2.00 bits per heavy atom. The standard InChI is InChI=1S/C8H12BrN/c1-6(4-8(3)9)7(2)5-10/h4-5,10H,1-3H3/b7-6?,8-4+,10-5?. The average Bonchev–Trinajstić information content (AvgIpc) is 1.85. The van der Waals surface area contributed by atoms with Gasteiger partial charge in [0, 0.05) is 6.21 Å². The van der Waals surface area contributed by atoms with Crippen LogP contribution in [-0.4, -0.2) is 6.21 Å². The van der Waals surface area contributed by atoms with Gasteiger partial charge in [0.15, 0.2) is 0 Å². The van der Waals surface area contributed by atoms with Gasteiger partial charge in [-0.25, -0.2) is 0 Å². The van der Waals surface area contributed by atoms with Crippen molar-refractivity contribution in [2.75, 3.05) is 0 Å². The minimum absolute atomic E-state index is 0.999. The Bertz CT molecular complexity index is 185. The van der Waals surface area contributed by atoms with Gasteiger partial charge < -0.3 is 5.41 Å². The highest BCUT2D eigenvalue weighted by Gasteiger charge is 1.88. The smallest absolute Gasteiger partial charge is 0.0209 e. The van der Waals surface area contributed by atoms with Crippen LogP contribution in [0.1, 0.15) is 20.8 Å². The average molecular weight is 202 g/mol. The molecule has 0 heterocycles. The molecule has 1 nitrogen and oxygen atoms in total. The highest BCUT2D eigenvalue weighted by molar-refractivity contribution is 9.11. The van der Waals surface area contributed by atoms with Crippen LogP contribution in [0.5, 0.6) is 0 Å². The Morgan fingerprint density at radius 2 is 1.70 bits per heavy atom. The molecule has 1 N–H and O–H groups in total. The van der Waals surface area contributed by atoms with Crippen LogP contribution < -0.4 is 0 Å². The lowest BCUT2D eigenvalue weighted by Crippen LogP contribution is -1.80. The molecule has 0 bridgehead atoms. The normalized spacial score (nSPS) is 14.6. The first-order valence-corrected chi connectivity index (χ1v) is 3.89. The van der Waals surface area contributed by atoms with Gasteiger partial charge in [-0.05, 0) is 42.5 Å². The molecule has 0 rings (SSSR count). The summed E-state index contributed by atoms with van der Waals surface area (Å²) < 4.78 is 1.09. The first-order chi connectivity index (χ1) is 4.57.